The third kappa shape index (κ3) is 6.28. The summed E-state index contributed by atoms with van der Waals surface area (Å²) in [6.45, 7) is 16.5. The Morgan fingerprint density at radius 2 is 1.75 bits per heavy atom. The minimum absolute atomic E-state index is 0.406. The van der Waals surface area contributed by atoms with Gasteiger partial charge in [0.1, 0.15) is 0 Å². The summed E-state index contributed by atoms with van der Waals surface area (Å²) in [6, 6.07) is 0. The van der Waals surface area contributed by atoms with Gasteiger partial charge in [-0.2, -0.15) is 0 Å². The number of ether oxygens (including phenoxy) is 1. The summed E-state index contributed by atoms with van der Waals surface area (Å²) < 4.78 is 6.61. The van der Waals surface area contributed by atoms with Crippen LogP contribution in [0.3, 0.4) is 0 Å². The van der Waals surface area contributed by atoms with Crippen LogP contribution in [0.2, 0.25) is 21.0 Å². The van der Waals surface area contributed by atoms with Crippen LogP contribution in [0.25, 0.3) is 0 Å². The van der Waals surface area contributed by atoms with E-state index < -0.39 is 13.3 Å². The summed E-state index contributed by atoms with van der Waals surface area (Å²) in [5.41, 5.74) is 0. The van der Waals surface area contributed by atoms with E-state index in [0.29, 0.717) is 17.9 Å². The van der Waals surface area contributed by atoms with Crippen LogP contribution in [0, 0.1) is 17.8 Å². The van der Waals surface area contributed by atoms with Crippen molar-refractivity contribution in [2.24, 2.45) is 17.8 Å². The molecule has 0 aromatic carbocycles. The first-order valence-electron chi connectivity index (χ1n) is 10.4. The number of hydrogen-bond acceptors (Lipinski definition) is 1. The second-order valence-electron chi connectivity index (χ2n) is 8.35. The molecule has 1 rings (SSSR count). The minimum atomic E-state index is -1.66. The molecule has 1 aliphatic carbocycles. The van der Waals surface area contributed by atoms with Gasteiger partial charge in [-0.25, -0.2) is 0 Å². The first kappa shape index (κ1) is 21.9. The molecule has 0 aliphatic heterocycles. The van der Waals surface area contributed by atoms with Gasteiger partial charge in [-0.15, -0.1) is 0 Å². The molecule has 1 saturated carbocycles. The van der Waals surface area contributed by atoms with Crippen LogP contribution >= 0.6 is 0 Å². The Kier molecular flexibility index (Phi) is 9.78. The molecule has 0 saturated heterocycles. The Morgan fingerprint density at radius 1 is 1.12 bits per heavy atom. The van der Waals surface area contributed by atoms with E-state index in [2.05, 4.69) is 66.7 Å². The molecule has 0 heterocycles. The van der Waals surface area contributed by atoms with Gasteiger partial charge in [0.15, 0.2) is 0 Å². The number of rotatable bonds is 9. The molecule has 1 aliphatic rings. The van der Waals surface area contributed by atoms with Crippen LogP contribution in [0.1, 0.15) is 67.7 Å². The van der Waals surface area contributed by atoms with Gasteiger partial charge in [-0.1, -0.05) is 0 Å². The molecule has 0 spiro atoms. The zero-order valence-electron chi connectivity index (χ0n) is 17.4. The Labute approximate surface area is 154 Å². The van der Waals surface area contributed by atoms with E-state index in [9.17, 15) is 0 Å². The average Bonchev–Trinajstić information content (AvgIpc) is 2.56. The van der Waals surface area contributed by atoms with Crippen LogP contribution in [-0.2, 0) is 4.74 Å². The van der Waals surface area contributed by atoms with Crippen molar-refractivity contribution in [3.05, 3.63) is 24.0 Å². The molecule has 1 fully saturated rings. The predicted molar refractivity (Wildman–Crippen MR) is 111 cm³/mol. The van der Waals surface area contributed by atoms with Crippen molar-refractivity contribution >= 4 is 13.3 Å². The van der Waals surface area contributed by atoms with E-state index in [1.807, 2.05) is 0 Å². The zero-order chi connectivity index (χ0) is 18.2. The number of allylic oxidation sites excluding steroid dienone is 3. The Hall–Kier alpha value is -0.177. The van der Waals surface area contributed by atoms with E-state index >= 15 is 0 Å². The van der Waals surface area contributed by atoms with Crippen LogP contribution in [-0.4, -0.2) is 19.4 Å². The van der Waals surface area contributed by atoms with Crippen LogP contribution in [0.5, 0.6) is 0 Å². The van der Waals surface area contributed by atoms with Crippen molar-refractivity contribution in [2.45, 2.75) is 94.8 Å². The Morgan fingerprint density at radius 3 is 2.25 bits per heavy atom. The fraction of sp³-hybridized carbons (Fsp3) is 0.818. The third-order valence-electron chi connectivity index (χ3n) is 6.57. The molecule has 0 aromatic rings. The first-order valence-corrected chi connectivity index (χ1v) is 16.3. The van der Waals surface area contributed by atoms with E-state index in [0.717, 1.165) is 11.7 Å². The maximum atomic E-state index is 6.61. The predicted octanol–water partition coefficient (Wildman–Crippen LogP) is 7.43. The maximum absolute atomic E-state index is 6.61. The summed E-state index contributed by atoms with van der Waals surface area (Å²) in [5.74, 6) is 3.38. The second-order valence-corrected chi connectivity index (χ2v) is 20.0. The summed E-state index contributed by atoms with van der Waals surface area (Å²) in [4.78, 5) is 0. The average molecular weight is 395 g/mol. The number of hydrogen-bond donors (Lipinski definition) is 0. The van der Waals surface area contributed by atoms with Crippen molar-refractivity contribution in [3.8, 4) is 0 Å². The van der Waals surface area contributed by atoms with E-state index in [-0.39, 0.29) is 0 Å². The summed E-state index contributed by atoms with van der Waals surface area (Å²) in [7, 11) is 0. The molecule has 0 bridgehead atoms. The third-order valence-corrected chi connectivity index (χ3v) is 18.3. The molecule has 1 nitrogen and oxygen atoms in total. The summed E-state index contributed by atoms with van der Waals surface area (Å²) in [6.07, 6.45) is 11.1. The van der Waals surface area contributed by atoms with Gasteiger partial charge >= 0.3 is 155 Å². The topological polar surface area (TPSA) is 9.23 Å². The van der Waals surface area contributed by atoms with E-state index in [1.54, 1.807) is 0 Å². The molecule has 0 aromatic heterocycles. The van der Waals surface area contributed by atoms with Gasteiger partial charge < -0.3 is 0 Å². The van der Waals surface area contributed by atoms with Gasteiger partial charge in [-0.3, -0.25) is 0 Å². The van der Waals surface area contributed by atoms with Crippen LogP contribution in [0.4, 0.5) is 0 Å². The molecule has 0 unspecified atom stereocenters. The second kappa shape index (κ2) is 10.7. The molecular formula is C22H42GeO. The fourth-order valence-electron chi connectivity index (χ4n) is 4.24. The van der Waals surface area contributed by atoms with Crippen molar-refractivity contribution in [3.63, 3.8) is 0 Å². The monoisotopic (exact) mass is 396 g/mol. The standard InChI is InChI=1S/C22H42GeO/c1-8-12-20(15-16-23(9-2,10-3)11-4)24-22-17-19(7)13-14-21(22)18(5)6/h8,12,15,18-19,21-22H,9-11,13-14,16-17H2,1-7H3/b12-8+,20-15+/t19-,21+,22-/m0/s1. The van der Waals surface area contributed by atoms with E-state index in [1.165, 1.54) is 40.3 Å². The fourth-order valence-corrected chi connectivity index (χ4v) is 10.5. The normalized spacial score (nSPS) is 26.3. The summed E-state index contributed by atoms with van der Waals surface area (Å²) in [5, 5.41) is 5.61. The van der Waals surface area contributed by atoms with Gasteiger partial charge in [0.2, 0.25) is 0 Å². The molecule has 2 heteroatoms. The Balaban J connectivity index is 2.88. The van der Waals surface area contributed by atoms with Gasteiger partial charge in [-0.05, 0) is 0 Å². The molecule has 140 valence electrons. The van der Waals surface area contributed by atoms with Gasteiger partial charge in [0.25, 0.3) is 0 Å². The molecule has 3 atom stereocenters. The summed E-state index contributed by atoms with van der Waals surface area (Å²) >= 11 is -1.66. The molecule has 0 N–H and O–H groups in total. The SMILES string of the molecule is C/C=C/C(=C\[CH2][Ge]([CH2]C)([CH2]C)[CH2]C)O[C@H]1C[C@@H](C)CC[C@@H]1C(C)C. The molecule has 24 heavy (non-hydrogen) atoms. The zero-order valence-corrected chi connectivity index (χ0v) is 19.5. The van der Waals surface area contributed by atoms with Crippen molar-refractivity contribution in [1.29, 1.82) is 0 Å². The van der Waals surface area contributed by atoms with Crippen molar-refractivity contribution < 1.29 is 4.74 Å². The Bertz CT molecular complexity index is 398. The first-order chi connectivity index (χ1) is 11.4. The quantitative estimate of drug-likeness (QED) is 0.224. The van der Waals surface area contributed by atoms with Gasteiger partial charge in [0.05, 0.1) is 0 Å². The van der Waals surface area contributed by atoms with Crippen molar-refractivity contribution in [2.75, 3.05) is 0 Å². The molecular weight excluding hydrogens is 353 g/mol. The van der Waals surface area contributed by atoms with Crippen molar-refractivity contribution in [1.82, 2.24) is 0 Å². The van der Waals surface area contributed by atoms with Crippen LogP contribution in [0.15, 0.2) is 24.0 Å². The molecule has 0 radical (unpaired) electrons. The van der Waals surface area contributed by atoms with E-state index in [4.69, 9.17) is 4.74 Å². The van der Waals surface area contributed by atoms with Gasteiger partial charge in [0, 0.05) is 0 Å². The molecule has 0 amide bonds. The van der Waals surface area contributed by atoms with Crippen LogP contribution < -0.4 is 0 Å².